The zero-order chi connectivity index (χ0) is 72.7. The minimum Gasteiger partial charge on any atom is -0.464 e. The molecule has 534 valence electrons. The number of halogens is 8. The van der Waals surface area contributed by atoms with Gasteiger partial charge < -0.3 is 37.5 Å². The van der Waals surface area contributed by atoms with E-state index in [1.54, 1.807) is 13.1 Å². The molecule has 15 rings (SSSR count). The molecule has 10 heterocycles. The van der Waals surface area contributed by atoms with Gasteiger partial charge in [0, 0.05) is 139 Å². The maximum Gasteiger partial charge on any atom is 0.490 e. The highest BCUT2D eigenvalue weighted by Gasteiger charge is 2.52. The molecule has 1 aliphatic heterocycles. The predicted molar refractivity (Wildman–Crippen MR) is 452 cm³/mol. The lowest BCUT2D eigenvalue weighted by molar-refractivity contribution is -0.166. The number of carbonyl (C=O) groups is 1. The number of aromatic amines is 1. The molecule has 2 fully saturated rings. The number of allylic oxidation sites excluding steroid dienone is 4. The number of hydrogen-bond acceptors (Lipinski definition) is 11. The minimum atomic E-state index is -0.856. The van der Waals surface area contributed by atoms with Crippen LogP contribution in [0.25, 0.3) is 71.1 Å². The van der Waals surface area contributed by atoms with Crippen LogP contribution in [0.15, 0.2) is 144 Å². The molecule has 0 spiro atoms. The van der Waals surface area contributed by atoms with Gasteiger partial charge in [-0.1, -0.05) is 55.1 Å². The van der Waals surface area contributed by atoms with Gasteiger partial charge in [0.1, 0.15) is 22.6 Å². The van der Waals surface area contributed by atoms with Gasteiger partial charge in [-0.15, -0.1) is 11.3 Å². The van der Waals surface area contributed by atoms with Crippen molar-refractivity contribution < 1.29 is 23.6 Å². The average molecular weight is 1950 g/mol. The standard InChI is InChI=1S/C22H23BrClNO3S.C14H17BrN2.C14H15BrN2.C12H21BO2.C8H6BrIN2.C7H4BrIN2/c1-6-27-20(26)18(28-22(3,4)5)16-12(2)11-15-19(29-21(23)25-15)17(16)13-7-9-14(24)10-8-13;2*1-17-9-13(10-5-3-2-4-6-10)12-7-11(15)8-16-14(12)17;1-11(2)12(3,4)15-13(14-11)10-8-6-5-7-9-10;1-12-4-7(10)6-2-5(9)3-11-8(6)12;8-4-1-5-6(9)3-11-7(5)10-2-4/h7-11,18H,6H2,1-5H3;7-10H,2-6H2,1H3;5,7-9H,2-4,6H2,1H3;8H,5-7,9H2,1-4H3;2-4H,1H3;1-3H,(H,10,11)/t18-;;;;;/m0...../s1. The van der Waals surface area contributed by atoms with E-state index in [1.807, 2.05) is 94.4 Å². The molecule has 9 aromatic heterocycles. The molecule has 0 unspecified atom stereocenters. The molecule has 1 atom stereocenters. The second-order valence-corrected chi connectivity index (χ2v) is 36.5. The second kappa shape index (κ2) is 35.2. The summed E-state index contributed by atoms with van der Waals surface area (Å²) in [5, 5.41) is 5.61. The number of carbonyl (C=O) groups excluding carboxylic acids is 1. The average Bonchev–Trinajstić information content (AvgIpc) is 1.75. The molecule has 4 aliphatic rings. The zero-order valence-corrected chi connectivity index (χ0v) is 73.0. The van der Waals surface area contributed by atoms with E-state index < -0.39 is 17.7 Å². The third-order valence-electron chi connectivity index (χ3n) is 18.6. The first-order valence-electron chi connectivity index (χ1n) is 34.2. The van der Waals surface area contributed by atoms with Crippen molar-refractivity contribution in [3.63, 3.8) is 0 Å². The van der Waals surface area contributed by atoms with E-state index in [9.17, 15) is 4.79 Å². The third kappa shape index (κ3) is 20.0. The van der Waals surface area contributed by atoms with Crippen molar-refractivity contribution in [2.24, 2.45) is 21.1 Å². The molecule has 1 saturated carbocycles. The lowest BCUT2D eigenvalue weighted by Gasteiger charge is -2.32. The molecule has 3 aliphatic carbocycles. The summed E-state index contributed by atoms with van der Waals surface area (Å²) in [4.78, 5) is 38.1. The van der Waals surface area contributed by atoms with E-state index in [4.69, 9.17) is 30.4 Å². The fraction of sp³-hybridized carbons (Fsp3) is 0.403. The fourth-order valence-corrected chi connectivity index (χ4v) is 17.4. The Kier molecular flexibility index (Phi) is 27.8. The van der Waals surface area contributed by atoms with Gasteiger partial charge in [0.25, 0.3) is 0 Å². The predicted octanol–water partition coefficient (Wildman–Crippen LogP) is 24.8. The Labute approximate surface area is 672 Å². The van der Waals surface area contributed by atoms with E-state index >= 15 is 0 Å². The number of aryl methyl sites for hydroxylation is 4. The van der Waals surface area contributed by atoms with Crippen LogP contribution in [0.1, 0.15) is 173 Å². The smallest absolute Gasteiger partial charge is 0.464 e. The largest absolute Gasteiger partial charge is 0.490 e. The van der Waals surface area contributed by atoms with Crippen LogP contribution in [-0.2, 0) is 44.7 Å². The van der Waals surface area contributed by atoms with Gasteiger partial charge in [-0.3, -0.25) is 0 Å². The Balaban J connectivity index is 0.000000135. The summed E-state index contributed by atoms with van der Waals surface area (Å²) < 4.78 is 38.3. The molecule has 11 aromatic rings. The van der Waals surface area contributed by atoms with Gasteiger partial charge in [-0.2, -0.15) is 0 Å². The maximum atomic E-state index is 13.0. The summed E-state index contributed by atoms with van der Waals surface area (Å²) in [6, 6.07) is 18.1. The van der Waals surface area contributed by atoms with E-state index in [2.05, 4.69) is 261 Å². The number of nitrogens with one attached hydrogen (secondary N) is 1. The monoisotopic (exact) mass is 1940 g/mol. The van der Waals surface area contributed by atoms with Gasteiger partial charge in [-0.05, 0) is 327 Å². The molecule has 24 heteroatoms. The maximum absolute atomic E-state index is 13.0. The molecule has 1 N–H and O–H groups in total. The first kappa shape index (κ1) is 79.7. The third-order valence-corrected chi connectivity index (χ3v) is 23.9. The summed E-state index contributed by atoms with van der Waals surface area (Å²) in [5.74, 6) is 0.340. The lowest BCUT2D eigenvalue weighted by Crippen LogP contribution is -2.41. The van der Waals surface area contributed by atoms with Crippen LogP contribution in [0.5, 0.6) is 0 Å². The number of thiazole rings is 1. The normalized spacial score (nSPS) is 16.2. The zero-order valence-electron chi connectivity index (χ0n) is 59.2. The topological polar surface area (TPSA) is 149 Å². The number of benzene rings is 2. The van der Waals surface area contributed by atoms with Gasteiger partial charge in [0.05, 0.1) is 33.6 Å². The molecule has 2 aromatic carbocycles. The number of pyridine rings is 4. The molecule has 1 saturated heterocycles. The van der Waals surface area contributed by atoms with Crippen LogP contribution < -0.4 is 0 Å². The van der Waals surface area contributed by atoms with Crippen molar-refractivity contribution in [3.05, 3.63) is 178 Å². The van der Waals surface area contributed by atoms with Crippen LogP contribution in [0.4, 0.5) is 0 Å². The van der Waals surface area contributed by atoms with Crippen molar-refractivity contribution in [2.75, 3.05) is 6.61 Å². The van der Waals surface area contributed by atoms with E-state index in [0.717, 1.165) is 89.2 Å². The molecule has 0 bridgehead atoms. The minimum absolute atomic E-state index is 0.102. The molecular weight excluding hydrogens is 1860 g/mol. The van der Waals surface area contributed by atoms with Crippen LogP contribution in [0.3, 0.4) is 0 Å². The van der Waals surface area contributed by atoms with Crippen molar-refractivity contribution >= 4 is 221 Å². The summed E-state index contributed by atoms with van der Waals surface area (Å²) >= 11 is 29.5. The van der Waals surface area contributed by atoms with Crippen LogP contribution in [0.2, 0.25) is 5.02 Å². The lowest BCUT2D eigenvalue weighted by atomic mass is 9.73. The summed E-state index contributed by atoms with van der Waals surface area (Å²) in [6.07, 6.45) is 36.5. The number of hydrogen-bond donors (Lipinski definition) is 1. The molecule has 14 nitrogen and oxygen atoms in total. The van der Waals surface area contributed by atoms with E-state index in [1.165, 1.54) is 139 Å². The quantitative estimate of drug-likeness (QED) is 0.0885. The highest BCUT2D eigenvalue weighted by molar-refractivity contribution is 14.1. The Hall–Kier alpha value is -3.87. The van der Waals surface area contributed by atoms with Crippen molar-refractivity contribution in [1.82, 2.24) is 43.6 Å². The number of fused-ring (bicyclic) bond motifs is 5. The second-order valence-electron chi connectivity index (χ2n) is 27.8. The van der Waals surface area contributed by atoms with E-state index in [0.29, 0.717) is 5.02 Å². The summed E-state index contributed by atoms with van der Waals surface area (Å²) in [7, 11) is 6.06. The molecule has 0 radical (unpaired) electrons. The molecule has 101 heavy (non-hydrogen) atoms. The molecule has 0 amide bonds. The number of nitrogens with zero attached hydrogens (tertiary/aromatic N) is 8. The van der Waals surface area contributed by atoms with Crippen molar-refractivity contribution in [2.45, 2.75) is 175 Å². The number of rotatable bonds is 8. The van der Waals surface area contributed by atoms with Gasteiger partial charge in [0.15, 0.2) is 10.0 Å². The highest BCUT2D eigenvalue weighted by Crippen LogP contribution is 2.45. The van der Waals surface area contributed by atoms with Crippen LogP contribution in [0, 0.1) is 14.1 Å². The van der Waals surface area contributed by atoms with Crippen molar-refractivity contribution in [1.29, 1.82) is 0 Å². The van der Waals surface area contributed by atoms with Gasteiger partial charge in [0.2, 0.25) is 0 Å². The SMILES string of the molecule is Brc1cnc2[nH]cc(I)c2c1.CC1(C)OB(C2=CCCCC2)OC1(C)C.CCOC(=O)[C@@H](OC(C)(C)C)c1c(C)cc2nc(Br)sc2c1-c1ccc(Cl)cc1.Cn1cc(C2=CCCCC2)c2cc(Br)cnc21.Cn1cc(C2CCCCC2)c2cc(Br)cnc21.Cn1cc(I)c2cc(Br)cnc21. The van der Waals surface area contributed by atoms with E-state index in [-0.39, 0.29) is 24.9 Å². The Morgan fingerprint density at radius 2 is 1.27 bits per heavy atom. The first-order valence-corrected chi connectivity index (χ1v) is 41.5. The molecular formula is C77H86BBr5ClI2N9O5S. The van der Waals surface area contributed by atoms with Gasteiger partial charge >= 0.3 is 13.1 Å². The Bertz CT molecular complexity index is 4790. The summed E-state index contributed by atoms with van der Waals surface area (Å²) in [6.45, 7) is 18.3. The fourth-order valence-electron chi connectivity index (χ4n) is 13.0. The first-order chi connectivity index (χ1) is 48.0. The summed E-state index contributed by atoms with van der Waals surface area (Å²) in [5.41, 5.74) is 13.3. The number of ether oxygens (including phenoxy) is 2. The van der Waals surface area contributed by atoms with Crippen LogP contribution >= 0.6 is 148 Å². The van der Waals surface area contributed by atoms with Crippen molar-refractivity contribution in [3.8, 4) is 11.1 Å². The number of H-pyrrole nitrogens is 1. The Morgan fingerprint density at radius 1 is 0.713 bits per heavy atom. The number of aromatic nitrogens is 9. The van der Waals surface area contributed by atoms with Gasteiger partial charge in [-0.25, -0.2) is 29.7 Å². The Morgan fingerprint density at radius 3 is 1.86 bits per heavy atom. The van der Waals surface area contributed by atoms with Crippen LogP contribution in [-0.4, -0.2) is 80.1 Å². The highest BCUT2D eigenvalue weighted by atomic mass is 127. The number of esters is 1.